The molecule has 0 bridgehead atoms. The molecule has 0 aliphatic carbocycles. The maximum Gasteiger partial charge on any atom is 0.220 e. The number of hydrogen-bond acceptors (Lipinski definition) is 13. The first-order valence-corrected chi connectivity index (χ1v) is 30.3. The van der Waals surface area contributed by atoms with Crippen LogP contribution < -0.4 is 5.32 Å². The van der Waals surface area contributed by atoms with E-state index in [2.05, 4.69) is 19.2 Å². The molecular formula is C58H113NO13. The number of rotatable bonds is 49. The predicted molar refractivity (Wildman–Crippen MR) is 286 cm³/mol. The Kier molecular flexibility index (Phi) is 42.0. The molecule has 428 valence electrons. The average molecular weight is 1030 g/mol. The largest absolute Gasteiger partial charge is 0.394 e. The van der Waals surface area contributed by atoms with Gasteiger partial charge in [0.2, 0.25) is 5.91 Å². The van der Waals surface area contributed by atoms with E-state index in [1.165, 1.54) is 193 Å². The Morgan fingerprint density at radius 1 is 0.444 bits per heavy atom. The molecule has 0 aromatic rings. The molecule has 1 amide bonds. The molecule has 0 aromatic carbocycles. The lowest BCUT2D eigenvalue weighted by Gasteiger charge is -2.46. The van der Waals surface area contributed by atoms with Crippen molar-refractivity contribution in [3.05, 3.63) is 0 Å². The third kappa shape index (κ3) is 30.7. The van der Waals surface area contributed by atoms with Crippen LogP contribution in [0.15, 0.2) is 0 Å². The van der Waals surface area contributed by atoms with Gasteiger partial charge in [0.15, 0.2) is 12.6 Å². The number of hydrogen-bond donors (Lipinski definition) is 9. The lowest BCUT2D eigenvalue weighted by Crippen LogP contribution is -2.65. The highest BCUT2D eigenvalue weighted by Crippen LogP contribution is 2.30. The predicted octanol–water partition coefficient (Wildman–Crippen LogP) is 10.1. The van der Waals surface area contributed by atoms with E-state index in [1.807, 2.05) is 0 Å². The molecule has 14 heteroatoms. The molecule has 0 saturated carbocycles. The van der Waals surface area contributed by atoms with Crippen molar-refractivity contribution in [3.63, 3.8) is 0 Å². The molecule has 2 heterocycles. The molecule has 4 unspecified atom stereocenters. The molecule has 2 rings (SSSR count). The van der Waals surface area contributed by atoms with Crippen molar-refractivity contribution in [2.24, 2.45) is 0 Å². The van der Waals surface area contributed by atoms with Crippen LogP contribution >= 0.6 is 0 Å². The Hall–Kier alpha value is -1.01. The number of aliphatic hydroxyl groups excluding tert-OH is 8. The molecule has 12 atom stereocenters. The molecule has 0 aromatic heterocycles. The highest BCUT2D eigenvalue weighted by Gasteiger charge is 2.51. The molecule has 0 spiro atoms. The fourth-order valence-corrected chi connectivity index (χ4v) is 10.4. The molecule has 9 N–H and O–H groups in total. The first-order chi connectivity index (χ1) is 35.1. The van der Waals surface area contributed by atoms with E-state index in [-0.39, 0.29) is 12.5 Å². The van der Waals surface area contributed by atoms with Gasteiger partial charge in [-0.25, -0.2) is 0 Å². The van der Waals surface area contributed by atoms with E-state index in [0.29, 0.717) is 12.8 Å². The third-order valence-electron chi connectivity index (χ3n) is 15.3. The minimum absolute atomic E-state index is 0.200. The van der Waals surface area contributed by atoms with Crippen LogP contribution in [0.4, 0.5) is 0 Å². The van der Waals surface area contributed by atoms with Crippen LogP contribution in [-0.2, 0) is 23.7 Å². The zero-order valence-electron chi connectivity index (χ0n) is 46.0. The van der Waals surface area contributed by atoms with Gasteiger partial charge in [-0.05, 0) is 12.8 Å². The quantitative estimate of drug-likeness (QED) is 0.0259. The molecule has 2 saturated heterocycles. The average Bonchev–Trinajstić information content (AvgIpc) is 3.38. The van der Waals surface area contributed by atoms with Crippen LogP contribution in [0.5, 0.6) is 0 Å². The number of carbonyl (C=O) groups excluding carboxylic acids is 1. The highest BCUT2D eigenvalue weighted by molar-refractivity contribution is 5.76. The summed E-state index contributed by atoms with van der Waals surface area (Å²) in [6.07, 6.45) is 32.5. The fourth-order valence-electron chi connectivity index (χ4n) is 10.4. The first kappa shape index (κ1) is 67.1. The van der Waals surface area contributed by atoms with E-state index in [1.54, 1.807) is 0 Å². The van der Waals surface area contributed by atoms with Crippen LogP contribution in [0.1, 0.15) is 271 Å². The summed E-state index contributed by atoms with van der Waals surface area (Å²) >= 11 is 0. The van der Waals surface area contributed by atoms with Gasteiger partial charge >= 0.3 is 0 Å². The van der Waals surface area contributed by atoms with Gasteiger partial charge in [0, 0.05) is 6.42 Å². The van der Waals surface area contributed by atoms with Gasteiger partial charge in [-0.15, -0.1) is 0 Å². The van der Waals surface area contributed by atoms with E-state index >= 15 is 0 Å². The van der Waals surface area contributed by atoms with Crippen molar-refractivity contribution in [2.45, 2.75) is 344 Å². The number of ether oxygens (including phenoxy) is 4. The van der Waals surface area contributed by atoms with Crippen molar-refractivity contribution >= 4 is 5.91 Å². The van der Waals surface area contributed by atoms with Crippen LogP contribution in [-0.4, -0.2) is 140 Å². The number of unbranched alkanes of at least 4 members (excludes halogenated alkanes) is 36. The second-order valence-electron chi connectivity index (χ2n) is 21.8. The number of amides is 1. The SMILES string of the molecule is CCCCCCCCCCCCCCCCCCCCCCCCCCC(=O)N[C@@H](CO[C@@H]1O[C@H](CO)[C@@H](O[C@@H]2O[C@H](CO)[C@H](O)C(O)C2O)C(O)C1O)[C@H](O)CCCCCCCCCCCCCCCC. The molecule has 2 fully saturated rings. The second kappa shape index (κ2) is 45.1. The molecular weight excluding hydrogens is 919 g/mol. The van der Waals surface area contributed by atoms with Crippen LogP contribution in [0.25, 0.3) is 0 Å². The van der Waals surface area contributed by atoms with Crippen LogP contribution in [0.2, 0.25) is 0 Å². The first-order valence-electron chi connectivity index (χ1n) is 30.3. The van der Waals surface area contributed by atoms with E-state index < -0.39 is 86.8 Å². The summed E-state index contributed by atoms with van der Waals surface area (Å²) in [5.41, 5.74) is 0. The van der Waals surface area contributed by atoms with Crippen molar-refractivity contribution in [1.29, 1.82) is 0 Å². The monoisotopic (exact) mass is 1030 g/mol. The third-order valence-corrected chi connectivity index (χ3v) is 15.3. The maximum absolute atomic E-state index is 13.3. The Morgan fingerprint density at radius 2 is 0.792 bits per heavy atom. The fraction of sp³-hybridized carbons (Fsp3) is 0.983. The summed E-state index contributed by atoms with van der Waals surface area (Å²) < 4.78 is 22.8. The summed E-state index contributed by atoms with van der Waals surface area (Å²) in [6, 6.07) is -0.822. The maximum atomic E-state index is 13.3. The summed E-state index contributed by atoms with van der Waals surface area (Å²) in [6.45, 7) is 2.89. The smallest absolute Gasteiger partial charge is 0.220 e. The topological polar surface area (TPSA) is 228 Å². The van der Waals surface area contributed by atoms with Crippen molar-refractivity contribution in [3.8, 4) is 0 Å². The summed E-state index contributed by atoms with van der Waals surface area (Å²) in [7, 11) is 0. The van der Waals surface area contributed by atoms with Crippen molar-refractivity contribution < 1.29 is 64.6 Å². The Morgan fingerprint density at radius 3 is 1.18 bits per heavy atom. The molecule has 2 aliphatic rings. The zero-order valence-corrected chi connectivity index (χ0v) is 46.0. The number of aliphatic hydroxyl groups is 8. The van der Waals surface area contributed by atoms with Gasteiger partial charge in [0.1, 0.15) is 48.8 Å². The Labute approximate surface area is 438 Å². The van der Waals surface area contributed by atoms with Crippen LogP contribution in [0, 0.1) is 0 Å². The van der Waals surface area contributed by atoms with E-state index in [0.717, 1.165) is 51.4 Å². The zero-order chi connectivity index (χ0) is 52.4. The lowest BCUT2D eigenvalue weighted by atomic mass is 9.97. The summed E-state index contributed by atoms with van der Waals surface area (Å²) in [4.78, 5) is 13.3. The highest BCUT2D eigenvalue weighted by atomic mass is 16.7. The molecule has 0 radical (unpaired) electrons. The Balaban J connectivity index is 1.71. The lowest BCUT2D eigenvalue weighted by molar-refractivity contribution is -0.359. The second-order valence-corrected chi connectivity index (χ2v) is 21.8. The van der Waals surface area contributed by atoms with Crippen LogP contribution in [0.3, 0.4) is 0 Å². The normalized spacial score (nSPS) is 25.5. The molecule has 72 heavy (non-hydrogen) atoms. The van der Waals surface area contributed by atoms with Gasteiger partial charge in [0.25, 0.3) is 0 Å². The van der Waals surface area contributed by atoms with Gasteiger partial charge in [0.05, 0.1) is 32.0 Å². The molecule has 2 aliphatic heterocycles. The van der Waals surface area contributed by atoms with Crippen molar-refractivity contribution in [2.75, 3.05) is 19.8 Å². The number of nitrogens with one attached hydrogen (secondary N) is 1. The van der Waals surface area contributed by atoms with Gasteiger partial charge in [-0.3, -0.25) is 4.79 Å². The molecule has 14 nitrogen and oxygen atoms in total. The standard InChI is InChI=1S/C58H113NO13/c1-3-5-7-9-11-13-15-17-19-20-21-22-23-24-25-26-27-28-30-32-34-36-38-40-42-50(63)59-46(47(62)41-39-37-35-33-31-29-18-16-14-12-10-8-6-4-2)45-69-57-55(68)53(66)56(49(44-61)71-57)72-58-54(67)52(65)51(64)48(43-60)70-58/h46-49,51-58,60-62,64-68H,3-45H2,1-2H3,(H,59,63)/t46-,47+,48+,49+,51-,52?,53?,54?,55?,56+,57+,58-/m0/s1. The minimum Gasteiger partial charge on any atom is -0.394 e. The van der Waals surface area contributed by atoms with E-state index in [9.17, 15) is 45.6 Å². The minimum atomic E-state index is -1.78. The van der Waals surface area contributed by atoms with Crippen molar-refractivity contribution in [1.82, 2.24) is 5.32 Å². The van der Waals surface area contributed by atoms with Gasteiger partial charge in [-0.1, -0.05) is 251 Å². The van der Waals surface area contributed by atoms with E-state index in [4.69, 9.17) is 18.9 Å². The summed E-state index contributed by atoms with van der Waals surface area (Å²) in [5.74, 6) is -0.200. The Bertz CT molecular complexity index is 1220. The van der Waals surface area contributed by atoms with Gasteiger partial charge in [-0.2, -0.15) is 0 Å². The summed E-state index contributed by atoms with van der Waals surface area (Å²) in [5, 5.41) is 87.2. The number of carbonyl (C=O) groups is 1. The van der Waals surface area contributed by atoms with Gasteiger partial charge < -0.3 is 65.1 Å².